The van der Waals surface area contributed by atoms with Crippen LogP contribution in [0.1, 0.15) is 34.5 Å². The van der Waals surface area contributed by atoms with E-state index in [0.29, 0.717) is 6.10 Å². The van der Waals surface area contributed by atoms with Gasteiger partial charge in [-0.25, -0.2) is 0 Å². The lowest BCUT2D eigenvalue weighted by Crippen LogP contribution is -2.41. The number of carbonyl (C=O) groups excluding carboxylic acids is 1. The fourth-order valence-electron chi connectivity index (χ4n) is 3.48. The monoisotopic (exact) mass is 287 g/mol. The summed E-state index contributed by atoms with van der Waals surface area (Å²) in [6.07, 6.45) is 3.80. The number of thiophene rings is 1. The molecule has 2 saturated heterocycles. The summed E-state index contributed by atoms with van der Waals surface area (Å²) >= 11 is 1.69. The molecule has 2 fully saturated rings. The van der Waals surface area contributed by atoms with Gasteiger partial charge in [0, 0.05) is 15.0 Å². The topological polar surface area (TPSA) is 38.3 Å². The molecule has 0 aliphatic carbocycles. The van der Waals surface area contributed by atoms with Crippen LogP contribution in [-0.2, 0) is 4.74 Å². The highest BCUT2D eigenvalue weighted by Crippen LogP contribution is 2.35. The first-order chi connectivity index (χ1) is 9.72. The van der Waals surface area contributed by atoms with Crippen molar-refractivity contribution in [3.63, 3.8) is 0 Å². The average Bonchev–Trinajstić information content (AvgIpc) is 3.10. The Balaban J connectivity index is 1.62. The van der Waals surface area contributed by atoms with Crippen molar-refractivity contribution < 1.29 is 9.53 Å². The molecule has 0 radical (unpaired) electrons. The second-order valence-electron chi connectivity index (χ2n) is 5.72. The highest BCUT2D eigenvalue weighted by atomic mass is 32.1. The normalized spacial score (nSPS) is 28.1. The van der Waals surface area contributed by atoms with Gasteiger partial charge in [0.2, 0.25) is 0 Å². The highest BCUT2D eigenvalue weighted by Gasteiger charge is 2.41. The van der Waals surface area contributed by atoms with Gasteiger partial charge in [0.1, 0.15) is 0 Å². The maximum absolute atomic E-state index is 12.6. The summed E-state index contributed by atoms with van der Waals surface area (Å²) in [5.74, 6) is 0.0566. The molecule has 4 rings (SSSR count). The van der Waals surface area contributed by atoms with Crippen molar-refractivity contribution in [3.8, 4) is 0 Å². The van der Waals surface area contributed by atoms with E-state index in [2.05, 4.69) is 11.4 Å². The van der Waals surface area contributed by atoms with Crippen LogP contribution in [0, 0.1) is 6.92 Å². The second kappa shape index (κ2) is 4.57. The first-order valence-corrected chi connectivity index (χ1v) is 7.98. The molecule has 1 N–H and O–H groups in total. The second-order valence-corrected chi connectivity index (χ2v) is 6.98. The van der Waals surface area contributed by atoms with Crippen molar-refractivity contribution >= 4 is 27.3 Å². The van der Waals surface area contributed by atoms with Gasteiger partial charge < -0.3 is 10.1 Å². The number of aryl methyl sites for hydroxylation is 1. The standard InChI is InChI=1S/C16H17NO2S/c1-9-15(11-4-2-3-5-14(11)20-9)16(18)17-12-8-10-6-7-13(12)19-10/h2-5,10,12-13H,6-8H2,1H3,(H,17,18)/t10-,12+,13+/m0/s1. The largest absolute Gasteiger partial charge is 0.373 e. The van der Waals surface area contributed by atoms with Gasteiger partial charge in [-0.1, -0.05) is 18.2 Å². The van der Waals surface area contributed by atoms with Gasteiger partial charge >= 0.3 is 0 Å². The molecule has 1 aromatic carbocycles. The minimum absolute atomic E-state index is 0.0566. The molecule has 3 nitrogen and oxygen atoms in total. The van der Waals surface area contributed by atoms with Crippen LogP contribution in [0.15, 0.2) is 24.3 Å². The Kier molecular flexibility index (Phi) is 2.82. The molecule has 3 atom stereocenters. The predicted molar refractivity (Wildman–Crippen MR) is 80.3 cm³/mol. The van der Waals surface area contributed by atoms with Gasteiger partial charge in [-0.3, -0.25) is 4.79 Å². The molecule has 1 aromatic heterocycles. The van der Waals surface area contributed by atoms with Crippen molar-refractivity contribution in [1.29, 1.82) is 0 Å². The third-order valence-corrected chi connectivity index (χ3v) is 5.51. The van der Waals surface area contributed by atoms with Crippen LogP contribution < -0.4 is 5.32 Å². The van der Waals surface area contributed by atoms with Crippen molar-refractivity contribution in [2.24, 2.45) is 0 Å². The summed E-state index contributed by atoms with van der Waals surface area (Å²) in [4.78, 5) is 13.7. The first kappa shape index (κ1) is 12.4. The summed E-state index contributed by atoms with van der Waals surface area (Å²) in [6.45, 7) is 2.02. The Morgan fingerprint density at radius 3 is 2.95 bits per heavy atom. The zero-order chi connectivity index (χ0) is 13.7. The van der Waals surface area contributed by atoms with Crippen LogP contribution >= 0.6 is 11.3 Å². The Morgan fingerprint density at radius 2 is 2.20 bits per heavy atom. The van der Waals surface area contributed by atoms with Gasteiger partial charge in [0.15, 0.2) is 0 Å². The van der Waals surface area contributed by atoms with Crippen LogP contribution in [0.5, 0.6) is 0 Å². The summed E-state index contributed by atoms with van der Waals surface area (Å²) in [7, 11) is 0. The van der Waals surface area contributed by atoms with Gasteiger partial charge in [-0.2, -0.15) is 0 Å². The molecule has 20 heavy (non-hydrogen) atoms. The number of rotatable bonds is 2. The Bertz CT molecular complexity index is 678. The number of benzene rings is 1. The molecule has 4 heteroatoms. The molecule has 0 unspecified atom stereocenters. The third-order valence-electron chi connectivity index (χ3n) is 4.42. The molecule has 3 heterocycles. The van der Waals surface area contributed by atoms with Crippen LogP contribution in [0.4, 0.5) is 0 Å². The lowest BCUT2D eigenvalue weighted by atomic mass is 9.95. The summed E-state index contributed by atoms with van der Waals surface area (Å²) < 4.78 is 6.99. The zero-order valence-electron chi connectivity index (χ0n) is 11.4. The highest BCUT2D eigenvalue weighted by molar-refractivity contribution is 7.19. The van der Waals surface area contributed by atoms with Crippen LogP contribution in [0.25, 0.3) is 10.1 Å². The molecule has 2 bridgehead atoms. The summed E-state index contributed by atoms with van der Waals surface area (Å²) in [5.41, 5.74) is 0.841. The summed E-state index contributed by atoms with van der Waals surface area (Å²) in [5, 5.41) is 4.25. The Labute approximate surface area is 121 Å². The Morgan fingerprint density at radius 1 is 1.35 bits per heavy atom. The van der Waals surface area contributed by atoms with E-state index in [0.717, 1.165) is 35.1 Å². The van der Waals surface area contributed by atoms with E-state index in [4.69, 9.17) is 4.74 Å². The molecule has 0 spiro atoms. The van der Waals surface area contributed by atoms with Gasteiger partial charge in [-0.15, -0.1) is 11.3 Å². The summed E-state index contributed by atoms with van der Waals surface area (Å²) in [6, 6.07) is 8.31. The fourth-order valence-corrected chi connectivity index (χ4v) is 4.54. The van der Waals surface area contributed by atoms with E-state index in [-0.39, 0.29) is 18.1 Å². The van der Waals surface area contributed by atoms with Crippen molar-refractivity contribution in [2.45, 2.75) is 44.4 Å². The van der Waals surface area contributed by atoms with Crippen LogP contribution in [0.2, 0.25) is 0 Å². The lowest BCUT2D eigenvalue weighted by Gasteiger charge is -2.20. The number of hydrogen-bond acceptors (Lipinski definition) is 3. The molecular weight excluding hydrogens is 270 g/mol. The number of fused-ring (bicyclic) bond motifs is 3. The predicted octanol–water partition coefficient (Wildman–Crippen LogP) is 3.26. The molecule has 104 valence electrons. The number of ether oxygens (including phenoxy) is 1. The van der Waals surface area contributed by atoms with Crippen LogP contribution in [-0.4, -0.2) is 24.2 Å². The quantitative estimate of drug-likeness (QED) is 0.920. The minimum Gasteiger partial charge on any atom is -0.373 e. The molecule has 2 aliphatic rings. The van der Waals surface area contributed by atoms with Crippen LogP contribution in [0.3, 0.4) is 0 Å². The van der Waals surface area contributed by atoms with Crippen molar-refractivity contribution in [3.05, 3.63) is 34.7 Å². The number of hydrogen-bond donors (Lipinski definition) is 1. The van der Waals surface area contributed by atoms with Crippen molar-refractivity contribution in [1.82, 2.24) is 5.32 Å². The Hall–Kier alpha value is -1.39. The minimum atomic E-state index is 0.0566. The van der Waals surface area contributed by atoms with Crippen molar-refractivity contribution in [2.75, 3.05) is 0 Å². The molecule has 2 aromatic rings. The number of carbonyl (C=O) groups is 1. The fraction of sp³-hybridized carbons (Fsp3) is 0.438. The van der Waals surface area contributed by atoms with E-state index < -0.39 is 0 Å². The molecule has 1 amide bonds. The average molecular weight is 287 g/mol. The first-order valence-electron chi connectivity index (χ1n) is 7.17. The zero-order valence-corrected chi connectivity index (χ0v) is 12.2. The van der Waals surface area contributed by atoms with Gasteiger partial charge in [-0.05, 0) is 32.3 Å². The number of amides is 1. The number of nitrogens with one attached hydrogen (secondary N) is 1. The van der Waals surface area contributed by atoms with Gasteiger partial charge in [0.25, 0.3) is 5.91 Å². The smallest absolute Gasteiger partial charge is 0.253 e. The van der Waals surface area contributed by atoms with E-state index in [1.807, 2.05) is 25.1 Å². The van der Waals surface area contributed by atoms with E-state index in [1.54, 1.807) is 11.3 Å². The lowest BCUT2D eigenvalue weighted by molar-refractivity contribution is 0.0842. The maximum Gasteiger partial charge on any atom is 0.253 e. The van der Waals surface area contributed by atoms with E-state index >= 15 is 0 Å². The maximum atomic E-state index is 12.6. The third kappa shape index (κ3) is 1.86. The SMILES string of the molecule is Cc1sc2ccccc2c1C(=O)N[C@@H]1C[C@@H]2CC[C@H]1O2. The van der Waals surface area contributed by atoms with E-state index in [9.17, 15) is 4.79 Å². The molecule has 0 saturated carbocycles. The van der Waals surface area contributed by atoms with E-state index in [1.165, 1.54) is 4.70 Å². The van der Waals surface area contributed by atoms with Gasteiger partial charge in [0.05, 0.1) is 23.8 Å². The molecular formula is C16H17NO2S. The molecule has 2 aliphatic heterocycles.